The largest absolute Gasteiger partial charge is 0.389 e. The molecule has 0 aromatic rings. The molecule has 2 N–H and O–H groups in total. The maximum Gasteiger partial charge on any atom is 0.0771 e. The molecule has 3 heteroatoms. The first-order valence-corrected chi connectivity index (χ1v) is 7.05. The Morgan fingerprint density at radius 3 is 2.47 bits per heavy atom. The number of ether oxygens (including phenoxy) is 1. The standard InChI is InChI=1S/C14H27NO2/c1-4-17-12-9-11(13(12,2)3)15-10-14(16)7-5-6-8-14/h11-12,15-16H,4-10H2,1-3H3. The summed E-state index contributed by atoms with van der Waals surface area (Å²) in [6.07, 6.45) is 5.73. The molecule has 17 heavy (non-hydrogen) atoms. The van der Waals surface area contributed by atoms with Crippen molar-refractivity contribution >= 4 is 0 Å². The molecule has 100 valence electrons. The van der Waals surface area contributed by atoms with Gasteiger partial charge in [0.2, 0.25) is 0 Å². The number of aliphatic hydroxyl groups is 1. The van der Waals surface area contributed by atoms with Crippen molar-refractivity contribution in [1.29, 1.82) is 0 Å². The van der Waals surface area contributed by atoms with Crippen molar-refractivity contribution in [1.82, 2.24) is 5.32 Å². The summed E-state index contributed by atoms with van der Waals surface area (Å²) in [6, 6.07) is 0.490. The molecule has 0 spiro atoms. The van der Waals surface area contributed by atoms with E-state index in [2.05, 4.69) is 26.1 Å². The molecular formula is C14H27NO2. The molecule has 0 aliphatic heterocycles. The van der Waals surface area contributed by atoms with Crippen LogP contribution in [0.15, 0.2) is 0 Å². The van der Waals surface area contributed by atoms with E-state index in [4.69, 9.17) is 4.74 Å². The van der Waals surface area contributed by atoms with Gasteiger partial charge in [0.25, 0.3) is 0 Å². The van der Waals surface area contributed by atoms with Crippen molar-refractivity contribution in [3.63, 3.8) is 0 Å². The Labute approximate surface area is 105 Å². The highest BCUT2D eigenvalue weighted by Crippen LogP contribution is 2.43. The Hall–Kier alpha value is -0.120. The number of nitrogens with one attached hydrogen (secondary N) is 1. The fourth-order valence-corrected chi connectivity index (χ4v) is 3.24. The van der Waals surface area contributed by atoms with Crippen molar-refractivity contribution in [2.75, 3.05) is 13.2 Å². The molecule has 0 saturated heterocycles. The maximum atomic E-state index is 10.3. The topological polar surface area (TPSA) is 41.5 Å². The second-order valence-corrected chi connectivity index (χ2v) is 6.37. The molecule has 2 unspecified atom stereocenters. The van der Waals surface area contributed by atoms with Gasteiger partial charge in [-0.3, -0.25) is 0 Å². The molecule has 0 radical (unpaired) electrons. The predicted molar refractivity (Wildman–Crippen MR) is 69.0 cm³/mol. The minimum atomic E-state index is -0.438. The monoisotopic (exact) mass is 241 g/mol. The van der Waals surface area contributed by atoms with Gasteiger partial charge < -0.3 is 15.2 Å². The molecule has 2 rings (SSSR count). The summed E-state index contributed by atoms with van der Waals surface area (Å²) in [5, 5.41) is 13.9. The molecule has 0 aromatic carbocycles. The zero-order valence-corrected chi connectivity index (χ0v) is 11.5. The number of rotatable bonds is 5. The van der Waals surface area contributed by atoms with E-state index in [9.17, 15) is 5.11 Å². The van der Waals surface area contributed by atoms with E-state index in [0.29, 0.717) is 12.1 Å². The van der Waals surface area contributed by atoms with Crippen LogP contribution in [0.2, 0.25) is 0 Å². The van der Waals surface area contributed by atoms with Crippen LogP contribution in [0.25, 0.3) is 0 Å². The van der Waals surface area contributed by atoms with Crippen LogP contribution in [0, 0.1) is 5.41 Å². The predicted octanol–water partition coefficient (Wildman–Crippen LogP) is 2.08. The van der Waals surface area contributed by atoms with E-state index in [1.807, 2.05) is 0 Å². The summed E-state index contributed by atoms with van der Waals surface area (Å²) < 4.78 is 5.72. The summed E-state index contributed by atoms with van der Waals surface area (Å²) in [4.78, 5) is 0. The van der Waals surface area contributed by atoms with Gasteiger partial charge in [-0.2, -0.15) is 0 Å². The fraction of sp³-hybridized carbons (Fsp3) is 1.00. The van der Waals surface area contributed by atoms with Crippen LogP contribution in [-0.4, -0.2) is 36.0 Å². The smallest absolute Gasteiger partial charge is 0.0771 e. The maximum absolute atomic E-state index is 10.3. The SMILES string of the molecule is CCOC1CC(NCC2(O)CCCC2)C1(C)C. The Morgan fingerprint density at radius 1 is 1.29 bits per heavy atom. The zero-order valence-electron chi connectivity index (χ0n) is 11.5. The quantitative estimate of drug-likeness (QED) is 0.774. The zero-order chi connectivity index (χ0) is 12.5. The van der Waals surface area contributed by atoms with Gasteiger partial charge in [-0.05, 0) is 26.2 Å². The summed E-state index contributed by atoms with van der Waals surface area (Å²) in [7, 11) is 0. The van der Waals surface area contributed by atoms with Crippen molar-refractivity contribution in [2.24, 2.45) is 5.41 Å². The number of hydrogen-bond donors (Lipinski definition) is 2. The highest BCUT2D eigenvalue weighted by Gasteiger charge is 2.49. The third-order valence-electron chi connectivity index (χ3n) is 4.76. The molecular weight excluding hydrogens is 214 g/mol. The summed E-state index contributed by atoms with van der Waals surface area (Å²) in [5.41, 5.74) is -0.238. The molecule has 2 saturated carbocycles. The lowest BCUT2D eigenvalue weighted by Gasteiger charge is -2.52. The molecule has 0 aromatic heterocycles. The molecule has 2 aliphatic carbocycles. The first kappa shape index (κ1) is 13.3. The van der Waals surface area contributed by atoms with E-state index >= 15 is 0 Å². The van der Waals surface area contributed by atoms with Crippen LogP contribution in [-0.2, 0) is 4.74 Å². The van der Waals surface area contributed by atoms with Gasteiger partial charge in [0.15, 0.2) is 0 Å². The van der Waals surface area contributed by atoms with Gasteiger partial charge in [0, 0.05) is 24.6 Å². The third kappa shape index (κ3) is 2.67. The fourth-order valence-electron chi connectivity index (χ4n) is 3.24. The second kappa shape index (κ2) is 4.87. The first-order valence-electron chi connectivity index (χ1n) is 7.05. The van der Waals surface area contributed by atoms with E-state index in [1.54, 1.807) is 0 Å². The van der Waals surface area contributed by atoms with Gasteiger partial charge in [0.1, 0.15) is 0 Å². The average Bonchev–Trinajstić information content (AvgIpc) is 2.70. The molecule has 2 atom stereocenters. The van der Waals surface area contributed by atoms with Crippen molar-refractivity contribution in [3.8, 4) is 0 Å². The molecule has 0 heterocycles. The minimum Gasteiger partial charge on any atom is -0.389 e. The van der Waals surface area contributed by atoms with Crippen molar-refractivity contribution < 1.29 is 9.84 Å². The average molecular weight is 241 g/mol. The highest BCUT2D eigenvalue weighted by atomic mass is 16.5. The number of hydrogen-bond acceptors (Lipinski definition) is 3. The molecule has 2 fully saturated rings. The molecule has 2 aliphatic rings. The van der Waals surface area contributed by atoms with Gasteiger partial charge in [-0.1, -0.05) is 26.7 Å². The van der Waals surface area contributed by atoms with Gasteiger partial charge >= 0.3 is 0 Å². The van der Waals surface area contributed by atoms with Crippen LogP contribution in [0.3, 0.4) is 0 Å². The highest BCUT2D eigenvalue weighted by molar-refractivity contribution is 5.03. The van der Waals surface area contributed by atoms with E-state index in [1.165, 1.54) is 12.8 Å². The Morgan fingerprint density at radius 2 is 1.94 bits per heavy atom. The van der Waals surface area contributed by atoms with E-state index in [0.717, 1.165) is 32.4 Å². The van der Waals surface area contributed by atoms with Crippen molar-refractivity contribution in [2.45, 2.75) is 70.6 Å². The lowest BCUT2D eigenvalue weighted by Crippen LogP contribution is -2.62. The van der Waals surface area contributed by atoms with Crippen LogP contribution in [0.5, 0.6) is 0 Å². The van der Waals surface area contributed by atoms with E-state index in [-0.39, 0.29) is 5.41 Å². The normalized spacial score (nSPS) is 34.6. The lowest BCUT2D eigenvalue weighted by atomic mass is 9.64. The Kier molecular flexibility index (Phi) is 3.81. The second-order valence-electron chi connectivity index (χ2n) is 6.37. The van der Waals surface area contributed by atoms with Crippen LogP contribution >= 0.6 is 0 Å². The van der Waals surface area contributed by atoms with Crippen LogP contribution in [0.4, 0.5) is 0 Å². The Balaban J connectivity index is 1.78. The molecule has 3 nitrogen and oxygen atoms in total. The summed E-state index contributed by atoms with van der Waals surface area (Å²) in [5.74, 6) is 0. The van der Waals surface area contributed by atoms with Crippen LogP contribution < -0.4 is 5.32 Å². The molecule has 0 bridgehead atoms. The van der Waals surface area contributed by atoms with Crippen molar-refractivity contribution in [3.05, 3.63) is 0 Å². The Bertz CT molecular complexity index is 259. The van der Waals surface area contributed by atoms with Gasteiger partial charge in [0.05, 0.1) is 11.7 Å². The first-order chi connectivity index (χ1) is 7.98. The van der Waals surface area contributed by atoms with Crippen LogP contribution in [0.1, 0.15) is 52.9 Å². The lowest BCUT2D eigenvalue weighted by molar-refractivity contribution is -0.118. The van der Waals surface area contributed by atoms with E-state index < -0.39 is 5.60 Å². The van der Waals surface area contributed by atoms with Gasteiger partial charge in [-0.25, -0.2) is 0 Å². The van der Waals surface area contributed by atoms with Gasteiger partial charge in [-0.15, -0.1) is 0 Å². The minimum absolute atomic E-state index is 0.199. The summed E-state index contributed by atoms with van der Waals surface area (Å²) in [6.45, 7) is 8.11. The summed E-state index contributed by atoms with van der Waals surface area (Å²) >= 11 is 0. The third-order valence-corrected chi connectivity index (χ3v) is 4.76. The molecule has 0 amide bonds.